The van der Waals surface area contributed by atoms with E-state index in [1.807, 2.05) is 33.7 Å². The molecule has 5 unspecified atom stereocenters. The summed E-state index contributed by atoms with van der Waals surface area (Å²) in [6.45, 7) is 1.20. The lowest BCUT2D eigenvalue weighted by atomic mass is 9.68. The predicted octanol–water partition coefficient (Wildman–Crippen LogP) is 4.43. The van der Waals surface area contributed by atoms with E-state index in [0.717, 1.165) is 41.7 Å². The summed E-state index contributed by atoms with van der Waals surface area (Å²) in [5.74, 6) is 3.39. The van der Waals surface area contributed by atoms with Crippen LogP contribution in [0.15, 0.2) is 24.4 Å². The number of Topliss-reactive ketones (excluding diaryl/α,β-unsaturated/α-hetero) is 1. The van der Waals surface area contributed by atoms with E-state index in [-0.39, 0.29) is 24.2 Å². The van der Waals surface area contributed by atoms with Crippen LogP contribution < -0.4 is 0 Å². The summed E-state index contributed by atoms with van der Waals surface area (Å²) in [7, 11) is 0. The Morgan fingerprint density at radius 2 is 1.97 bits per heavy atom. The van der Waals surface area contributed by atoms with Crippen LogP contribution in [0.3, 0.4) is 0 Å². The van der Waals surface area contributed by atoms with Crippen molar-refractivity contribution < 1.29 is 14.7 Å². The van der Waals surface area contributed by atoms with Gasteiger partial charge in [-0.1, -0.05) is 12.5 Å². The number of ketones is 1. The van der Waals surface area contributed by atoms with Gasteiger partial charge in [0.25, 0.3) is 0 Å². The van der Waals surface area contributed by atoms with Crippen LogP contribution in [0.1, 0.15) is 86.8 Å². The molecule has 35 heavy (non-hydrogen) atoms. The third-order valence-electron chi connectivity index (χ3n) is 10.4. The lowest BCUT2D eigenvalue weighted by Gasteiger charge is -2.36. The Morgan fingerprint density at radius 3 is 2.83 bits per heavy atom. The van der Waals surface area contributed by atoms with Gasteiger partial charge in [-0.05, 0) is 98.5 Å². The number of carbonyl (C=O) groups is 2. The summed E-state index contributed by atoms with van der Waals surface area (Å²) in [6, 6.07) is 5.68. The topological polar surface area (TPSA) is 74.9 Å². The first-order chi connectivity index (χ1) is 16.9. The van der Waals surface area contributed by atoms with Crippen molar-refractivity contribution in [2.45, 2.75) is 83.2 Å². The van der Waals surface area contributed by atoms with E-state index < -0.39 is 0 Å². The maximum atomic E-state index is 13.1. The first-order valence-corrected chi connectivity index (χ1v) is 13.9. The molecule has 1 N–H and O–H groups in total. The van der Waals surface area contributed by atoms with Gasteiger partial charge in [-0.25, -0.2) is 4.98 Å². The summed E-state index contributed by atoms with van der Waals surface area (Å²) in [6.07, 6.45) is 14.6. The second-order valence-corrected chi connectivity index (χ2v) is 12.6. The highest BCUT2D eigenvalue weighted by molar-refractivity contribution is 5.95. The summed E-state index contributed by atoms with van der Waals surface area (Å²) in [5.41, 5.74) is 3.49. The van der Waals surface area contributed by atoms with Gasteiger partial charge in [-0.2, -0.15) is 0 Å². The SMILES string of the molecule is O=C(CCCCC12CC3CC3C3(CC3C1)C2)c1cccc2nc(CC(=O)N3CCC(O)CC3)cn12. The number of hydrogen-bond acceptors (Lipinski definition) is 4. The van der Waals surface area contributed by atoms with E-state index in [2.05, 4.69) is 4.98 Å². The van der Waals surface area contributed by atoms with Gasteiger partial charge in [-0.3, -0.25) is 14.0 Å². The van der Waals surface area contributed by atoms with Crippen LogP contribution in [0.25, 0.3) is 5.65 Å². The monoisotopic (exact) mass is 475 g/mol. The molecule has 6 heteroatoms. The van der Waals surface area contributed by atoms with Crippen molar-refractivity contribution in [3.05, 3.63) is 35.8 Å². The number of pyridine rings is 1. The number of aliphatic hydroxyl groups is 1. The van der Waals surface area contributed by atoms with Crippen molar-refractivity contribution in [2.24, 2.45) is 28.6 Å². The Morgan fingerprint density at radius 1 is 1.11 bits per heavy atom. The molecule has 2 bridgehead atoms. The van der Waals surface area contributed by atoms with Crippen molar-refractivity contribution in [2.75, 3.05) is 13.1 Å². The number of amides is 1. The molecule has 186 valence electrons. The smallest absolute Gasteiger partial charge is 0.228 e. The molecule has 1 amide bonds. The second-order valence-electron chi connectivity index (χ2n) is 12.6. The molecule has 0 radical (unpaired) electrons. The lowest BCUT2D eigenvalue weighted by Crippen LogP contribution is -2.40. The highest BCUT2D eigenvalue weighted by Crippen LogP contribution is 2.84. The van der Waals surface area contributed by atoms with Gasteiger partial charge in [0.1, 0.15) is 5.65 Å². The molecule has 1 aliphatic heterocycles. The maximum Gasteiger partial charge on any atom is 0.228 e. The van der Waals surface area contributed by atoms with Crippen LogP contribution in [0.2, 0.25) is 0 Å². The van der Waals surface area contributed by atoms with Crippen molar-refractivity contribution in [3.63, 3.8) is 0 Å². The van der Waals surface area contributed by atoms with Crippen LogP contribution >= 0.6 is 0 Å². The van der Waals surface area contributed by atoms with Crippen LogP contribution in [0.5, 0.6) is 0 Å². The van der Waals surface area contributed by atoms with Crippen LogP contribution in [-0.4, -0.2) is 50.3 Å². The molecular weight excluding hydrogens is 438 g/mol. The third-order valence-corrected chi connectivity index (χ3v) is 10.4. The minimum Gasteiger partial charge on any atom is -0.393 e. The standard InChI is InChI=1S/C29H37N3O3/c33-22-7-10-31(11-8-22)27(35)13-21-17-32-24(4-3-6-26(32)30-21)25(34)5-1-2-9-28-14-19-12-23(19)29(18-28)16-20(29)15-28/h3-4,6,17,19-20,22-23,33H,1-2,5,7-16,18H2. The summed E-state index contributed by atoms with van der Waals surface area (Å²) >= 11 is 0. The maximum absolute atomic E-state index is 13.1. The van der Waals surface area contributed by atoms with Crippen molar-refractivity contribution in [3.8, 4) is 0 Å². The van der Waals surface area contributed by atoms with Gasteiger partial charge in [0.2, 0.25) is 5.91 Å². The number of unbranched alkanes of at least 4 members (excludes halogenated alkanes) is 1. The first kappa shape index (κ1) is 22.0. The Hall–Kier alpha value is -2.21. The fraction of sp³-hybridized carbons (Fsp3) is 0.690. The van der Waals surface area contributed by atoms with Crippen molar-refractivity contribution >= 4 is 17.3 Å². The number of imidazole rings is 1. The Labute approximate surface area is 207 Å². The van der Waals surface area contributed by atoms with E-state index >= 15 is 0 Å². The number of nitrogens with zero attached hydrogens (tertiary/aromatic N) is 3. The van der Waals surface area contributed by atoms with E-state index in [0.29, 0.717) is 49.2 Å². The molecule has 6 nitrogen and oxygen atoms in total. The quantitative estimate of drug-likeness (QED) is 0.453. The molecule has 0 aromatic carbocycles. The molecule has 1 saturated heterocycles. The molecule has 4 aliphatic carbocycles. The molecule has 5 atom stereocenters. The number of aliphatic hydroxyl groups excluding tert-OH is 1. The van der Waals surface area contributed by atoms with Crippen molar-refractivity contribution in [1.29, 1.82) is 0 Å². The van der Waals surface area contributed by atoms with E-state index in [1.54, 1.807) is 0 Å². The highest BCUT2D eigenvalue weighted by atomic mass is 16.3. The number of hydrogen-bond donors (Lipinski definition) is 1. The summed E-state index contributed by atoms with van der Waals surface area (Å²) < 4.78 is 1.87. The van der Waals surface area contributed by atoms with Gasteiger partial charge in [0.05, 0.1) is 23.9 Å². The minimum atomic E-state index is -0.295. The second kappa shape index (κ2) is 7.89. The van der Waals surface area contributed by atoms with E-state index in [9.17, 15) is 14.7 Å². The lowest BCUT2D eigenvalue weighted by molar-refractivity contribution is -0.132. The number of piperidine rings is 1. The fourth-order valence-corrected chi connectivity index (χ4v) is 8.62. The molecule has 7 rings (SSSR count). The number of aromatic nitrogens is 2. The average molecular weight is 476 g/mol. The molecule has 2 aromatic heterocycles. The van der Waals surface area contributed by atoms with Crippen LogP contribution in [0.4, 0.5) is 0 Å². The van der Waals surface area contributed by atoms with Crippen LogP contribution in [-0.2, 0) is 11.2 Å². The largest absolute Gasteiger partial charge is 0.393 e. The Balaban J connectivity index is 0.958. The molecular formula is C29H37N3O3. The number of fused-ring (bicyclic) bond motifs is 3. The van der Waals surface area contributed by atoms with Gasteiger partial charge >= 0.3 is 0 Å². The zero-order chi connectivity index (χ0) is 23.8. The normalized spacial score (nSPS) is 35.1. The van der Waals surface area contributed by atoms with Gasteiger partial charge < -0.3 is 10.0 Å². The number of likely N-dealkylation sites (tertiary alicyclic amines) is 1. The van der Waals surface area contributed by atoms with Crippen LogP contribution in [0, 0.1) is 28.6 Å². The number of carbonyl (C=O) groups excluding carboxylic acids is 2. The fourth-order valence-electron chi connectivity index (χ4n) is 8.62. The predicted molar refractivity (Wildman–Crippen MR) is 132 cm³/mol. The van der Waals surface area contributed by atoms with E-state index in [4.69, 9.17) is 0 Å². The zero-order valence-electron chi connectivity index (χ0n) is 20.6. The van der Waals surface area contributed by atoms with Gasteiger partial charge in [0, 0.05) is 25.7 Å². The molecule has 5 aliphatic rings. The first-order valence-electron chi connectivity index (χ1n) is 13.9. The summed E-state index contributed by atoms with van der Waals surface area (Å²) in [5, 5.41) is 9.69. The highest BCUT2D eigenvalue weighted by Gasteiger charge is 2.75. The third kappa shape index (κ3) is 3.75. The molecule has 2 aromatic rings. The molecule has 3 heterocycles. The molecule has 5 fully saturated rings. The summed E-state index contributed by atoms with van der Waals surface area (Å²) in [4.78, 5) is 32.3. The minimum absolute atomic E-state index is 0.0409. The molecule has 4 saturated carbocycles. The average Bonchev–Trinajstić information content (AvgIpc) is 3.68. The zero-order valence-corrected chi connectivity index (χ0v) is 20.6. The van der Waals surface area contributed by atoms with E-state index in [1.165, 1.54) is 38.5 Å². The Bertz CT molecular complexity index is 1180. The van der Waals surface area contributed by atoms with Gasteiger partial charge in [0.15, 0.2) is 5.78 Å². The Kier molecular flexibility index (Phi) is 4.97. The number of rotatable bonds is 8. The van der Waals surface area contributed by atoms with Crippen molar-refractivity contribution in [1.82, 2.24) is 14.3 Å². The van der Waals surface area contributed by atoms with Gasteiger partial charge in [-0.15, -0.1) is 0 Å². The molecule has 1 spiro atoms.